The molecule has 184 valence electrons. The number of morpholine rings is 1. The van der Waals surface area contributed by atoms with Crippen molar-refractivity contribution >= 4 is 23.5 Å². The van der Waals surface area contributed by atoms with E-state index in [1.165, 1.54) is 0 Å². The van der Waals surface area contributed by atoms with Gasteiger partial charge in [-0.2, -0.15) is 4.98 Å². The van der Waals surface area contributed by atoms with Crippen molar-refractivity contribution in [1.29, 1.82) is 0 Å². The fourth-order valence-electron chi connectivity index (χ4n) is 3.28. The summed E-state index contributed by atoms with van der Waals surface area (Å²) in [4.78, 5) is 31.0. The summed E-state index contributed by atoms with van der Waals surface area (Å²) in [7, 11) is 0. The lowest BCUT2D eigenvalue weighted by Crippen LogP contribution is -2.41. The van der Waals surface area contributed by atoms with Crippen LogP contribution in [0.5, 0.6) is 5.75 Å². The van der Waals surface area contributed by atoms with Crippen molar-refractivity contribution in [3.8, 4) is 17.1 Å². The average molecular weight is 491 g/mol. The quantitative estimate of drug-likeness (QED) is 0.518. The molecule has 4 rings (SSSR count). The number of halogens is 3. The molecule has 13 heteroatoms. The minimum Gasteiger partial charge on any atom is -0.404 e. The predicted molar refractivity (Wildman–Crippen MR) is 117 cm³/mol. The van der Waals surface area contributed by atoms with Gasteiger partial charge in [0.25, 0.3) is 5.91 Å². The van der Waals surface area contributed by atoms with E-state index in [-0.39, 0.29) is 29.6 Å². The Balaban J connectivity index is 1.49. The number of ether oxygens (including phenoxy) is 2. The average Bonchev–Trinajstić information content (AvgIpc) is 3.29. The molecule has 35 heavy (non-hydrogen) atoms. The van der Waals surface area contributed by atoms with E-state index in [9.17, 15) is 22.8 Å². The van der Waals surface area contributed by atoms with Crippen LogP contribution in [0.25, 0.3) is 11.4 Å². The highest BCUT2D eigenvalue weighted by Gasteiger charge is 2.32. The lowest BCUT2D eigenvalue weighted by atomic mass is 10.1. The molecule has 1 aromatic heterocycles. The number of alkyl halides is 3. The Morgan fingerprint density at radius 2 is 1.80 bits per heavy atom. The fraction of sp³-hybridized carbons (Fsp3) is 0.273. The van der Waals surface area contributed by atoms with Gasteiger partial charge in [-0.05, 0) is 18.2 Å². The maximum Gasteiger partial charge on any atom is 0.573 e. The zero-order valence-corrected chi connectivity index (χ0v) is 18.2. The molecule has 3 aromatic rings. The number of aromatic nitrogens is 2. The monoisotopic (exact) mass is 491 g/mol. The maximum atomic E-state index is 12.9. The van der Waals surface area contributed by atoms with E-state index in [1.54, 1.807) is 29.2 Å². The molecular formula is C22H20F3N5O5. The lowest BCUT2D eigenvalue weighted by Gasteiger charge is -2.26. The van der Waals surface area contributed by atoms with Gasteiger partial charge in [0.15, 0.2) is 5.75 Å². The number of hydrogen-bond donors (Lipinski definition) is 2. The molecule has 0 saturated carbocycles. The van der Waals surface area contributed by atoms with Crippen LogP contribution in [0, 0.1) is 0 Å². The molecule has 0 radical (unpaired) electrons. The normalized spacial score (nSPS) is 14.4. The van der Waals surface area contributed by atoms with Crippen LogP contribution in [-0.4, -0.2) is 66.1 Å². The van der Waals surface area contributed by atoms with E-state index >= 15 is 0 Å². The van der Waals surface area contributed by atoms with Gasteiger partial charge in [0.2, 0.25) is 11.7 Å². The third-order valence-corrected chi connectivity index (χ3v) is 4.89. The van der Waals surface area contributed by atoms with Gasteiger partial charge < -0.3 is 19.3 Å². The summed E-state index contributed by atoms with van der Waals surface area (Å²) in [5.74, 6) is -1.73. The van der Waals surface area contributed by atoms with Crippen LogP contribution in [-0.2, 0) is 9.53 Å². The van der Waals surface area contributed by atoms with Crippen LogP contribution < -0.4 is 15.4 Å². The standard InChI is InChI=1S/C22H20F3N5O5/c23-22(24,25)34-17-7-6-15(12-16(17)26-18(31)13-30-8-10-33-11-9-30)20(32)28-21-27-19(29-35-21)14-4-2-1-3-5-14/h1-7,12H,8-11,13H2,(H,26,31)(H,27,28,29,32). The number of carbonyl (C=O) groups excluding carboxylic acids is 2. The molecule has 0 bridgehead atoms. The number of benzene rings is 2. The highest BCUT2D eigenvalue weighted by Crippen LogP contribution is 2.31. The Morgan fingerprint density at radius 1 is 1.06 bits per heavy atom. The zero-order valence-electron chi connectivity index (χ0n) is 18.2. The van der Waals surface area contributed by atoms with Crippen LogP contribution in [0.1, 0.15) is 10.4 Å². The third kappa shape index (κ3) is 6.77. The second-order valence-corrected chi connectivity index (χ2v) is 7.44. The molecule has 1 fully saturated rings. The van der Waals surface area contributed by atoms with Crippen molar-refractivity contribution in [2.45, 2.75) is 6.36 Å². The highest BCUT2D eigenvalue weighted by molar-refractivity contribution is 6.05. The summed E-state index contributed by atoms with van der Waals surface area (Å²) in [6.45, 7) is 1.86. The largest absolute Gasteiger partial charge is 0.573 e. The second-order valence-electron chi connectivity index (χ2n) is 7.44. The summed E-state index contributed by atoms with van der Waals surface area (Å²) in [6, 6.07) is 11.8. The molecule has 2 N–H and O–H groups in total. The zero-order chi connectivity index (χ0) is 24.8. The van der Waals surface area contributed by atoms with Gasteiger partial charge in [-0.25, -0.2) is 0 Å². The van der Waals surface area contributed by atoms with E-state index in [1.807, 2.05) is 6.07 Å². The van der Waals surface area contributed by atoms with Gasteiger partial charge in [-0.1, -0.05) is 35.5 Å². The van der Waals surface area contributed by atoms with Crippen LogP contribution in [0.15, 0.2) is 53.1 Å². The molecular weight excluding hydrogens is 471 g/mol. The molecule has 10 nitrogen and oxygen atoms in total. The Kier molecular flexibility index (Phi) is 7.27. The number of amides is 2. The van der Waals surface area contributed by atoms with Crippen LogP contribution in [0.4, 0.5) is 24.9 Å². The Morgan fingerprint density at radius 3 is 2.51 bits per heavy atom. The minimum atomic E-state index is -4.99. The number of anilines is 2. The number of rotatable bonds is 7. The SMILES string of the molecule is O=C(CN1CCOCC1)Nc1cc(C(=O)Nc2nc(-c3ccccc3)no2)ccc1OC(F)(F)F. The second kappa shape index (κ2) is 10.5. The smallest absolute Gasteiger partial charge is 0.404 e. The maximum absolute atomic E-state index is 12.9. The van der Waals surface area contributed by atoms with Crippen LogP contribution >= 0.6 is 0 Å². The number of nitrogens with zero attached hydrogens (tertiary/aromatic N) is 3. The first-order valence-electron chi connectivity index (χ1n) is 10.5. The van der Waals surface area contributed by atoms with E-state index in [0.29, 0.717) is 31.9 Å². The van der Waals surface area contributed by atoms with Crippen molar-refractivity contribution in [1.82, 2.24) is 15.0 Å². The Bertz CT molecular complexity index is 1180. The Labute approximate surface area is 197 Å². The first kappa shape index (κ1) is 24.2. The summed E-state index contributed by atoms with van der Waals surface area (Å²) in [5, 5.41) is 8.56. The van der Waals surface area contributed by atoms with Crippen molar-refractivity contribution in [2.24, 2.45) is 0 Å². The van der Waals surface area contributed by atoms with Gasteiger partial charge in [-0.3, -0.25) is 19.8 Å². The topological polar surface area (TPSA) is 119 Å². The van der Waals surface area contributed by atoms with E-state index in [4.69, 9.17) is 9.26 Å². The molecule has 1 aliphatic heterocycles. The molecule has 0 atom stereocenters. The molecule has 0 spiro atoms. The number of hydrogen-bond acceptors (Lipinski definition) is 8. The molecule has 1 saturated heterocycles. The number of carbonyl (C=O) groups is 2. The Hall–Kier alpha value is -3.97. The van der Waals surface area contributed by atoms with Crippen LogP contribution in [0.2, 0.25) is 0 Å². The van der Waals surface area contributed by atoms with E-state index < -0.39 is 23.9 Å². The molecule has 0 aliphatic carbocycles. The first-order valence-corrected chi connectivity index (χ1v) is 10.5. The van der Waals surface area contributed by atoms with Gasteiger partial charge in [0.1, 0.15) is 0 Å². The highest BCUT2D eigenvalue weighted by atomic mass is 19.4. The molecule has 0 unspecified atom stereocenters. The third-order valence-electron chi connectivity index (χ3n) is 4.89. The molecule has 1 aliphatic rings. The van der Waals surface area contributed by atoms with E-state index in [0.717, 1.165) is 18.2 Å². The summed E-state index contributed by atoms with van der Waals surface area (Å²) in [5.41, 5.74) is 0.278. The molecule has 2 amide bonds. The minimum absolute atomic E-state index is 0.0600. The summed E-state index contributed by atoms with van der Waals surface area (Å²) in [6.07, 6.45) is -4.99. The summed E-state index contributed by atoms with van der Waals surface area (Å²) < 4.78 is 52.8. The van der Waals surface area contributed by atoms with E-state index in [2.05, 4.69) is 25.5 Å². The molecule has 2 aromatic carbocycles. The molecule has 2 heterocycles. The number of nitrogens with one attached hydrogen (secondary N) is 2. The lowest BCUT2D eigenvalue weighted by molar-refractivity contribution is -0.274. The van der Waals surface area contributed by atoms with Gasteiger partial charge >= 0.3 is 12.4 Å². The van der Waals surface area contributed by atoms with Crippen molar-refractivity contribution in [2.75, 3.05) is 43.5 Å². The fourth-order valence-corrected chi connectivity index (χ4v) is 3.28. The van der Waals surface area contributed by atoms with Gasteiger partial charge in [0, 0.05) is 24.2 Å². The van der Waals surface area contributed by atoms with Crippen molar-refractivity contribution < 1.29 is 36.8 Å². The first-order chi connectivity index (χ1) is 16.8. The van der Waals surface area contributed by atoms with Gasteiger partial charge in [0.05, 0.1) is 25.4 Å². The van der Waals surface area contributed by atoms with Gasteiger partial charge in [-0.15, -0.1) is 13.2 Å². The summed E-state index contributed by atoms with van der Waals surface area (Å²) >= 11 is 0. The van der Waals surface area contributed by atoms with Crippen molar-refractivity contribution in [3.05, 3.63) is 54.1 Å². The predicted octanol–water partition coefficient (Wildman–Crippen LogP) is 3.16. The van der Waals surface area contributed by atoms with Crippen molar-refractivity contribution in [3.63, 3.8) is 0 Å². The van der Waals surface area contributed by atoms with Crippen LogP contribution in [0.3, 0.4) is 0 Å².